The molecule has 0 atom stereocenters. The SMILES string of the molecule is CC(=O)c1ccccc1OCCN1CCSCC1. The summed E-state index contributed by atoms with van der Waals surface area (Å²) in [6, 6.07) is 7.45. The first-order valence-corrected chi connectivity index (χ1v) is 7.46. The van der Waals surface area contributed by atoms with Gasteiger partial charge in [0.2, 0.25) is 0 Å². The quantitative estimate of drug-likeness (QED) is 0.764. The summed E-state index contributed by atoms with van der Waals surface area (Å²) in [5, 5.41) is 0. The summed E-state index contributed by atoms with van der Waals surface area (Å²) in [5.41, 5.74) is 0.673. The molecule has 1 fully saturated rings. The van der Waals surface area contributed by atoms with Gasteiger partial charge in [-0.3, -0.25) is 9.69 Å². The van der Waals surface area contributed by atoms with Crippen molar-refractivity contribution in [1.29, 1.82) is 0 Å². The molecule has 0 saturated carbocycles. The van der Waals surface area contributed by atoms with Crippen molar-refractivity contribution in [3.63, 3.8) is 0 Å². The van der Waals surface area contributed by atoms with Crippen molar-refractivity contribution in [2.75, 3.05) is 37.7 Å². The number of ketones is 1. The van der Waals surface area contributed by atoms with Crippen LogP contribution in [0.15, 0.2) is 24.3 Å². The normalized spacial score (nSPS) is 16.5. The van der Waals surface area contributed by atoms with E-state index in [4.69, 9.17) is 4.74 Å². The Morgan fingerprint density at radius 1 is 1.33 bits per heavy atom. The van der Waals surface area contributed by atoms with E-state index in [1.54, 1.807) is 6.92 Å². The first-order chi connectivity index (χ1) is 8.77. The van der Waals surface area contributed by atoms with Gasteiger partial charge in [0.25, 0.3) is 0 Å². The molecule has 0 spiro atoms. The largest absolute Gasteiger partial charge is 0.491 e. The Balaban J connectivity index is 1.84. The molecule has 18 heavy (non-hydrogen) atoms. The Bertz CT molecular complexity index is 403. The Morgan fingerprint density at radius 3 is 2.78 bits per heavy atom. The summed E-state index contributed by atoms with van der Waals surface area (Å²) in [6.07, 6.45) is 0. The zero-order valence-corrected chi connectivity index (χ0v) is 11.5. The fourth-order valence-electron chi connectivity index (χ4n) is 1.99. The molecule has 3 nitrogen and oxygen atoms in total. The summed E-state index contributed by atoms with van der Waals surface area (Å²) in [5.74, 6) is 3.19. The molecule has 0 amide bonds. The van der Waals surface area contributed by atoms with Crippen LogP contribution in [0.5, 0.6) is 5.75 Å². The van der Waals surface area contributed by atoms with E-state index in [1.165, 1.54) is 11.5 Å². The molecule has 1 heterocycles. The Hall–Kier alpha value is -1.00. The molecular formula is C14H19NO2S. The van der Waals surface area contributed by atoms with E-state index in [0.717, 1.165) is 19.6 Å². The first-order valence-electron chi connectivity index (χ1n) is 6.30. The van der Waals surface area contributed by atoms with Gasteiger partial charge in [0.1, 0.15) is 12.4 Å². The molecule has 0 bridgehead atoms. The average molecular weight is 265 g/mol. The maximum absolute atomic E-state index is 11.4. The number of carbonyl (C=O) groups is 1. The lowest BCUT2D eigenvalue weighted by molar-refractivity contribution is 0.101. The summed E-state index contributed by atoms with van der Waals surface area (Å²) >= 11 is 2.01. The number of thioether (sulfide) groups is 1. The minimum Gasteiger partial charge on any atom is -0.491 e. The van der Waals surface area contributed by atoms with Crippen molar-refractivity contribution in [2.24, 2.45) is 0 Å². The lowest BCUT2D eigenvalue weighted by atomic mass is 10.1. The molecule has 2 rings (SSSR count). The van der Waals surface area contributed by atoms with Gasteiger partial charge in [0.15, 0.2) is 5.78 Å². The van der Waals surface area contributed by atoms with Gasteiger partial charge in [0, 0.05) is 31.1 Å². The smallest absolute Gasteiger partial charge is 0.163 e. The van der Waals surface area contributed by atoms with Crippen LogP contribution < -0.4 is 4.74 Å². The van der Waals surface area contributed by atoms with E-state index in [9.17, 15) is 4.79 Å². The maximum atomic E-state index is 11.4. The molecule has 0 N–H and O–H groups in total. The zero-order chi connectivity index (χ0) is 12.8. The van der Waals surface area contributed by atoms with Gasteiger partial charge in [-0.25, -0.2) is 0 Å². The van der Waals surface area contributed by atoms with Crippen LogP contribution in [0.1, 0.15) is 17.3 Å². The highest BCUT2D eigenvalue weighted by Crippen LogP contribution is 2.18. The van der Waals surface area contributed by atoms with Crippen molar-refractivity contribution in [2.45, 2.75) is 6.92 Å². The predicted molar refractivity (Wildman–Crippen MR) is 75.7 cm³/mol. The number of para-hydroxylation sites is 1. The molecule has 4 heteroatoms. The highest BCUT2D eigenvalue weighted by Gasteiger charge is 2.11. The second kappa shape index (κ2) is 6.81. The summed E-state index contributed by atoms with van der Waals surface area (Å²) in [6.45, 7) is 5.44. The number of carbonyl (C=O) groups excluding carboxylic acids is 1. The van der Waals surface area contributed by atoms with Gasteiger partial charge in [0.05, 0.1) is 5.56 Å². The molecule has 0 radical (unpaired) electrons. The van der Waals surface area contributed by atoms with Crippen LogP contribution in [0.2, 0.25) is 0 Å². The van der Waals surface area contributed by atoms with Crippen molar-refractivity contribution in [3.05, 3.63) is 29.8 Å². The summed E-state index contributed by atoms with van der Waals surface area (Å²) < 4.78 is 5.73. The molecule has 1 aliphatic heterocycles. The number of rotatable bonds is 5. The summed E-state index contributed by atoms with van der Waals surface area (Å²) in [7, 11) is 0. The van der Waals surface area contributed by atoms with Gasteiger partial charge in [-0.15, -0.1) is 0 Å². The number of hydrogen-bond acceptors (Lipinski definition) is 4. The van der Waals surface area contributed by atoms with Crippen LogP contribution >= 0.6 is 11.8 Å². The number of hydrogen-bond donors (Lipinski definition) is 0. The van der Waals surface area contributed by atoms with E-state index in [1.807, 2.05) is 36.0 Å². The van der Waals surface area contributed by atoms with E-state index >= 15 is 0 Å². The third-order valence-corrected chi connectivity index (χ3v) is 3.98. The van der Waals surface area contributed by atoms with Crippen molar-refractivity contribution < 1.29 is 9.53 Å². The van der Waals surface area contributed by atoms with Crippen LogP contribution in [0.3, 0.4) is 0 Å². The van der Waals surface area contributed by atoms with Crippen molar-refractivity contribution >= 4 is 17.5 Å². The van der Waals surface area contributed by atoms with Crippen LogP contribution in [0.4, 0.5) is 0 Å². The molecule has 1 saturated heterocycles. The van der Waals surface area contributed by atoms with Gasteiger partial charge in [-0.05, 0) is 19.1 Å². The van der Waals surface area contributed by atoms with E-state index in [-0.39, 0.29) is 5.78 Å². The van der Waals surface area contributed by atoms with Crippen LogP contribution in [-0.2, 0) is 0 Å². The Morgan fingerprint density at radius 2 is 2.06 bits per heavy atom. The van der Waals surface area contributed by atoms with Gasteiger partial charge < -0.3 is 4.74 Å². The molecule has 0 unspecified atom stereocenters. The minimum absolute atomic E-state index is 0.0555. The van der Waals surface area contributed by atoms with Gasteiger partial charge >= 0.3 is 0 Å². The molecule has 1 aromatic rings. The fourth-order valence-corrected chi connectivity index (χ4v) is 2.97. The topological polar surface area (TPSA) is 29.5 Å². The molecule has 1 aromatic carbocycles. The van der Waals surface area contributed by atoms with Crippen molar-refractivity contribution in [1.82, 2.24) is 4.90 Å². The average Bonchev–Trinajstić information content (AvgIpc) is 2.40. The molecule has 98 valence electrons. The van der Waals surface area contributed by atoms with Crippen molar-refractivity contribution in [3.8, 4) is 5.75 Å². The molecule has 0 aliphatic carbocycles. The second-order valence-corrected chi connectivity index (χ2v) is 5.58. The maximum Gasteiger partial charge on any atom is 0.163 e. The molecule has 1 aliphatic rings. The van der Waals surface area contributed by atoms with Crippen LogP contribution in [0, 0.1) is 0 Å². The van der Waals surface area contributed by atoms with Crippen LogP contribution in [-0.4, -0.2) is 48.4 Å². The lowest BCUT2D eigenvalue weighted by Crippen LogP contribution is -2.35. The van der Waals surface area contributed by atoms with E-state index < -0.39 is 0 Å². The number of benzene rings is 1. The highest BCUT2D eigenvalue weighted by molar-refractivity contribution is 7.99. The molecular weight excluding hydrogens is 246 g/mol. The third-order valence-electron chi connectivity index (χ3n) is 3.04. The first kappa shape index (κ1) is 13.4. The zero-order valence-electron chi connectivity index (χ0n) is 10.7. The minimum atomic E-state index is 0.0555. The fraction of sp³-hybridized carbons (Fsp3) is 0.500. The van der Waals surface area contributed by atoms with Gasteiger partial charge in [-0.1, -0.05) is 12.1 Å². The highest BCUT2D eigenvalue weighted by atomic mass is 32.2. The Labute approximate surface area is 113 Å². The standard InChI is InChI=1S/C14H19NO2S/c1-12(16)13-4-2-3-5-14(13)17-9-6-15-7-10-18-11-8-15/h2-5H,6-11H2,1H3. The second-order valence-electron chi connectivity index (χ2n) is 4.35. The van der Waals surface area contributed by atoms with Gasteiger partial charge in [-0.2, -0.15) is 11.8 Å². The summed E-state index contributed by atoms with van der Waals surface area (Å²) in [4.78, 5) is 13.8. The lowest BCUT2D eigenvalue weighted by Gasteiger charge is -2.26. The predicted octanol–water partition coefficient (Wildman–Crippen LogP) is 2.32. The number of ether oxygens (including phenoxy) is 1. The van der Waals surface area contributed by atoms with E-state index in [2.05, 4.69) is 4.90 Å². The Kier molecular flexibility index (Phi) is 5.08. The molecule has 0 aromatic heterocycles. The third kappa shape index (κ3) is 3.75. The monoisotopic (exact) mass is 265 g/mol. The number of nitrogens with zero attached hydrogens (tertiary/aromatic N) is 1. The number of Topliss-reactive ketones (excluding diaryl/α,β-unsaturated/α-hetero) is 1. The van der Waals surface area contributed by atoms with Crippen LogP contribution in [0.25, 0.3) is 0 Å². The van der Waals surface area contributed by atoms with E-state index in [0.29, 0.717) is 17.9 Å².